The molecule has 9 nitrogen and oxygen atoms in total. The van der Waals surface area contributed by atoms with E-state index in [1.165, 1.54) is 132 Å². The van der Waals surface area contributed by atoms with Gasteiger partial charge in [-0.1, -0.05) is 506 Å². The molecule has 0 saturated carbocycles. The lowest BCUT2D eigenvalue weighted by Crippen LogP contribution is -2.28. The van der Waals surface area contributed by atoms with Crippen molar-refractivity contribution in [2.24, 2.45) is 0 Å². The first-order chi connectivity index (χ1) is 72.2. The topological polar surface area (TPSA) is 116 Å². The SMILES string of the molecule is CC1(C)c2cc(-c3nc(-c4ccccc4)nc(-c4ccc(-c5ccccc5)cc4)n3)ccc2-c2c1c1ccccc1c1ccccc21.CC1(C)c2cc(-c3nc(-c4ccccc4)nc(-c4ccc(-c5ccccc5)cc4)n3)ccc2-c2c1ccc1ccccc21.Cc1ccc(C2(c3ccc(C)cc3)c3ccccc3-c3ccc(-c4ccc(-c5nc(-c6ccccc6)nc(-c6cccc(-c7ccccc7)c6)n5)cc4)cc32)cc1. The molecule has 3 heterocycles. The highest BCUT2D eigenvalue weighted by Crippen LogP contribution is 2.59. The minimum Gasteiger partial charge on any atom is -0.208 e. The lowest BCUT2D eigenvalue weighted by molar-refractivity contribution is 0.661. The molecule has 0 atom stereocenters. The van der Waals surface area contributed by atoms with Crippen molar-refractivity contribution in [2.45, 2.75) is 57.8 Å². The number of nitrogens with zero attached hydrogens (tertiary/aromatic N) is 9. The number of hydrogen-bond acceptors (Lipinski definition) is 9. The zero-order valence-corrected chi connectivity index (χ0v) is 82.3. The second-order valence-corrected chi connectivity index (χ2v) is 39.5. The van der Waals surface area contributed by atoms with E-state index in [2.05, 4.69) is 448 Å². The molecule has 0 spiro atoms. The molecule has 0 aliphatic heterocycles. The Morgan fingerprint density at radius 3 is 0.891 bits per heavy atom. The molecule has 0 unspecified atom stereocenters. The molecule has 147 heavy (non-hydrogen) atoms. The molecule has 0 N–H and O–H groups in total. The van der Waals surface area contributed by atoms with Crippen LogP contribution in [0.2, 0.25) is 0 Å². The molecular formula is C138H99N9. The van der Waals surface area contributed by atoms with Crippen LogP contribution in [0.25, 0.3) is 213 Å². The maximum atomic E-state index is 5.10. The number of aryl methyl sites for hydroxylation is 2. The van der Waals surface area contributed by atoms with Crippen LogP contribution in [0.5, 0.6) is 0 Å². The number of benzene rings is 21. The van der Waals surface area contributed by atoms with Gasteiger partial charge >= 0.3 is 0 Å². The minimum absolute atomic E-state index is 0.143. The second-order valence-electron chi connectivity index (χ2n) is 39.5. The summed E-state index contributed by atoms with van der Waals surface area (Å²) in [6.07, 6.45) is 0. The molecule has 3 aliphatic carbocycles. The van der Waals surface area contributed by atoms with Crippen LogP contribution >= 0.6 is 0 Å². The summed E-state index contributed by atoms with van der Waals surface area (Å²) in [5, 5.41) is 7.78. The van der Waals surface area contributed by atoms with Crippen molar-refractivity contribution in [3.63, 3.8) is 0 Å². The predicted molar refractivity (Wildman–Crippen MR) is 605 cm³/mol. The van der Waals surface area contributed by atoms with Gasteiger partial charge in [0.1, 0.15) is 0 Å². The number of hydrogen-bond donors (Lipinski definition) is 0. The highest BCUT2D eigenvalue weighted by molar-refractivity contribution is 6.18. The van der Waals surface area contributed by atoms with E-state index in [0.717, 1.165) is 83.5 Å². The monoisotopic (exact) mass is 1880 g/mol. The lowest BCUT2D eigenvalue weighted by atomic mass is 9.67. The van der Waals surface area contributed by atoms with Crippen LogP contribution < -0.4 is 0 Å². The van der Waals surface area contributed by atoms with Gasteiger partial charge in [0, 0.05) is 60.9 Å². The molecule has 0 radical (unpaired) electrons. The first kappa shape index (κ1) is 89.8. The quantitative estimate of drug-likeness (QED) is 0.0925. The summed E-state index contributed by atoms with van der Waals surface area (Å²) in [7, 11) is 0. The molecule has 0 fully saturated rings. The van der Waals surface area contributed by atoms with E-state index in [0.29, 0.717) is 52.4 Å². The van der Waals surface area contributed by atoms with Crippen molar-refractivity contribution in [1.82, 2.24) is 44.9 Å². The van der Waals surface area contributed by atoms with Crippen molar-refractivity contribution in [3.8, 4) is 180 Å². The van der Waals surface area contributed by atoms with E-state index in [-0.39, 0.29) is 10.8 Å². The van der Waals surface area contributed by atoms with Gasteiger partial charge in [0.2, 0.25) is 0 Å². The summed E-state index contributed by atoms with van der Waals surface area (Å²) in [5.41, 5.74) is 37.9. The molecule has 21 aromatic carbocycles. The van der Waals surface area contributed by atoms with Gasteiger partial charge in [-0.25, -0.2) is 44.9 Å². The van der Waals surface area contributed by atoms with Crippen LogP contribution in [0.1, 0.15) is 83.3 Å². The smallest absolute Gasteiger partial charge is 0.164 e. The Morgan fingerprint density at radius 2 is 0.435 bits per heavy atom. The summed E-state index contributed by atoms with van der Waals surface area (Å²) in [6, 6.07) is 174. The third-order valence-electron chi connectivity index (χ3n) is 29.8. The minimum atomic E-state index is -0.462. The summed E-state index contributed by atoms with van der Waals surface area (Å²) < 4.78 is 0. The highest BCUT2D eigenvalue weighted by atomic mass is 15.1. The highest BCUT2D eigenvalue weighted by Gasteiger charge is 2.47. The van der Waals surface area contributed by atoms with Crippen molar-refractivity contribution < 1.29 is 0 Å². The third-order valence-corrected chi connectivity index (χ3v) is 29.8. The molecular weight excluding hydrogens is 1780 g/mol. The van der Waals surface area contributed by atoms with Crippen LogP contribution in [0.3, 0.4) is 0 Å². The normalized spacial score (nSPS) is 12.9. The average Bonchev–Trinajstić information content (AvgIpc) is 1.54. The Labute approximate surface area is 856 Å². The summed E-state index contributed by atoms with van der Waals surface area (Å²) in [4.78, 5) is 45.3. The predicted octanol–water partition coefficient (Wildman–Crippen LogP) is 34.3. The Kier molecular flexibility index (Phi) is 22.8. The molecule has 0 bridgehead atoms. The fraction of sp³-hybridized carbons (Fsp3) is 0.0652. The third kappa shape index (κ3) is 16.4. The largest absolute Gasteiger partial charge is 0.208 e. The molecule has 9 heteroatoms. The molecule has 3 aromatic heterocycles. The molecule has 24 aromatic rings. The first-order valence-corrected chi connectivity index (χ1v) is 50.4. The fourth-order valence-corrected chi connectivity index (χ4v) is 22.3. The fourth-order valence-electron chi connectivity index (χ4n) is 22.3. The van der Waals surface area contributed by atoms with Crippen molar-refractivity contribution in [2.75, 3.05) is 0 Å². The van der Waals surface area contributed by atoms with Crippen molar-refractivity contribution in [3.05, 3.63) is 547 Å². The Morgan fingerprint density at radius 1 is 0.156 bits per heavy atom. The van der Waals surface area contributed by atoms with Gasteiger partial charge in [0.05, 0.1) is 5.41 Å². The van der Waals surface area contributed by atoms with Crippen LogP contribution in [0.15, 0.2) is 491 Å². The maximum Gasteiger partial charge on any atom is 0.164 e. The van der Waals surface area contributed by atoms with E-state index in [1.54, 1.807) is 0 Å². The zero-order valence-electron chi connectivity index (χ0n) is 82.3. The summed E-state index contributed by atoms with van der Waals surface area (Å²) in [6.45, 7) is 13.7. The van der Waals surface area contributed by atoms with Crippen LogP contribution in [-0.2, 0) is 16.2 Å². The van der Waals surface area contributed by atoms with Gasteiger partial charge < -0.3 is 0 Å². The van der Waals surface area contributed by atoms with E-state index < -0.39 is 5.41 Å². The van der Waals surface area contributed by atoms with Gasteiger partial charge in [-0.3, -0.25) is 0 Å². The summed E-state index contributed by atoms with van der Waals surface area (Å²) in [5.74, 6) is 5.93. The standard InChI is InChI=1S/C54H39N3.C44H31N3.C40H29N3/c1-36-20-29-45(30-21-36)54(46-31-22-37(2)23-32-46)49-19-10-9-18-47(49)48-33-28-43(35-50(48)54)39-24-26-41(27-25-39)52-55-51(40-14-7-4-8-15-40)56-53(57-52)44-17-11-16-42(34-44)38-12-5-3-6-13-38;1-44(2)38-27-32(25-26-37(38)39-35-19-11-9-17-33(35)34-18-10-12-20-36(34)40(39)44)43-46-41(30-15-7-4-8-16-30)45-42(47-43)31-23-21-29(22-24-31)28-13-5-3-6-14-28;1-40(2)34-24-22-28-13-9-10-16-32(28)36(34)33-23-21-31(25-35(33)40)39-42-37(29-14-7-4-8-15-29)41-38(43-39)30-19-17-27(18-20-30)26-11-5-3-6-12-26/h3-35H,1-2H3;3-27H,1-2H3;3-25H,1-2H3. The second kappa shape index (κ2) is 37.4. The van der Waals surface area contributed by atoms with Gasteiger partial charge in [-0.15, -0.1) is 0 Å². The molecule has 0 saturated heterocycles. The van der Waals surface area contributed by atoms with Gasteiger partial charge in [-0.05, 0) is 193 Å². The Bertz CT molecular complexity index is 9110. The first-order valence-electron chi connectivity index (χ1n) is 50.4. The van der Waals surface area contributed by atoms with E-state index in [4.69, 9.17) is 44.9 Å². The number of rotatable bonds is 15. The lowest BCUT2D eigenvalue weighted by Gasteiger charge is -2.34. The van der Waals surface area contributed by atoms with Crippen LogP contribution in [-0.4, -0.2) is 44.9 Å². The van der Waals surface area contributed by atoms with E-state index >= 15 is 0 Å². The Hall–Kier alpha value is -18.6. The molecule has 696 valence electrons. The Balaban J connectivity index is 0.000000116. The van der Waals surface area contributed by atoms with Crippen LogP contribution in [0, 0.1) is 13.8 Å². The molecule has 3 aliphatic rings. The average molecular weight is 1880 g/mol. The van der Waals surface area contributed by atoms with Gasteiger partial charge in [0.15, 0.2) is 52.4 Å². The zero-order chi connectivity index (χ0) is 98.9. The van der Waals surface area contributed by atoms with Crippen molar-refractivity contribution >= 4 is 32.3 Å². The van der Waals surface area contributed by atoms with E-state index in [1.807, 2.05) is 84.9 Å². The maximum absolute atomic E-state index is 5.10. The summed E-state index contributed by atoms with van der Waals surface area (Å²) >= 11 is 0. The number of fused-ring (bicyclic) bond motifs is 16. The van der Waals surface area contributed by atoms with Crippen LogP contribution in [0.4, 0.5) is 0 Å². The number of aromatic nitrogens is 9. The van der Waals surface area contributed by atoms with Gasteiger partial charge in [-0.2, -0.15) is 0 Å². The molecule has 27 rings (SSSR count). The van der Waals surface area contributed by atoms with E-state index in [9.17, 15) is 0 Å². The van der Waals surface area contributed by atoms with Crippen molar-refractivity contribution in [1.29, 1.82) is 0 Å². The van der Waals surface area contributed by atoms with Gasteiger partial charge in [0.25, 0.3) is 0 Å². The molecule has 0 amide bonds.